The van der Waals surface area contributed by atoms with Gasteiger partial charge >= 0.3 is 6.03 Å². The van der Waals surface area contributed by atoms with Crippen molar-refractivity contribution in [1.82, 2.24) is 30.2 Å². The Balaban J connectivity index is 1.26. The van der Waals surface area contributed by atoms with Crippen LogP contribution in [-0.2, 0) is 19.4 Å². The minimum absolute atomic E-state index is 0.0606. The van der Waals surface area contributed by atoms with Crippen molar-refractivity contribution in [3.8, 4) is 0 Å². The second-order valence-corrected chi connectivity index (χ2v) is 6.60. The Morgan fingerprint density at radius 3 is 3.12 bits per heavy atom. The number of aromatic nitrogens is 4. The maximum absolute atomic E-state index is 13.2. The summed E-state index contributed by atoms with van der Waals surface area (Å²) in [7, 11) is 0. The van der Waals surface area contributed by atoms with Gasteiger partial charge in [-0.25, -0.2) is 19.2 Å². The molecule has 3 aromatic rings. The summed E-state index contributed by atoms with van der Waals surface area (Å²) in [6, 6.07) is 4.44. The van der Waals surface area contributed by atoms with Crippen LogP contribution in [0.2, 0.25) is 0 Å². The summed E-state index contributed by atoms with van der Waals surface area (Å²) in [5.41, 5.74) is 3.54. The number of nitrogens with one attached hydrogen (secondary N) is 3. The van der Waals surface area contributed by atoms with E-state index in [1.54, 1.807) is 11.0 Å². The molecule has 0 saturated heterocycles. The third-order valence-corrected chi connectivity index (χ3v) is 4.60. The Bertz CT molecular complexity index is 946. The number of hydrogen-bond donors (Lipinski definition) is 3. The fraction of sp³-hybridized carbons (Fsp3) is 0.389. The zero-order valence-corrected chi connectivity index (χ0v) is 14.6. The summed E-state index contributed by atoms with van der Waals surface area (Å²) >= 11 is 0. The van der Waals surface area contributed by atoms with Crippen LogP contribution in [0.4, 0.5) is 9.18 Å². The maximum Gasteiger partial charge on any atom is 0.317 e. The van der Waals surface area contributed by atoms with Crippen LogP contribution < -0.4 is 5.32 Å². The fourth-order valence-corrected chi connectivity index (χ4v) is 3.33. The van der Waals surface area contributed by atoms with E-state index < -0.39 is 0 Å². The van der Waals surface area contributed by atoms with Crippen LogP contribution in [0.3, 0.4) is 0 Å². The molecule has 8 heteroatoms. The molecule has 0 unspecified atom stereocenters. The first-order valence-corrected chi connectivity index (χ1v) is 8.80. The molecular weight excluding hydrogens is 335 g/mol. The minimum Gasteiger partial charge on any atom is -0.344 e. The van der Waals surface area contributed by atoms with E-state index in [1.165, 1.54) is 12.1 Å². The van der Waals surface area contributed by atoms with Gasteiger partial charge in [0, 0.05) is 25.9 Å². The first-order chi connectivity index (χ1) is 12.6. The molecule has 136 valence electrons. The van der Waals surface area contributed by atoms with E-state index in [2.05, 4.69) is 25.3 Å². The number of carbonyl (C=O) groups excluding carboxylic acids is 1. The molecule has 0 atom stereocenters. The van der Waals surface area contributed by atoms with E-state index in [0.29, 0.717) is 31.6 Å². The van der Waals surface area contributed by atoms with Crippen molar-refractivity contribution >= 4 is 17.1 Å². The number of amides is 2. The number of rotatable bonds is 4. The zero-order valence-electron chi connectivity index (χ0n) is 14.6. The summed E-state index contributed by atoms with van der Waals surface area (Å²) < 4.78 is 13.2. The predicted molar refractivity (Wildman–Crippen MR) is 95.2 cm³/mol. The molecule has 0 fully saturated rings. The molecule has 0 aliphatic carbocycles. The molecule has 26 heavy (non-hydrogen) atoms. The average molecular weight is 356 g/mol. The van der Waals surface area contributed by atoms with Gasteiger partial charge in [0.25, 0.3) is 0 Å². The van der Waals surface area contributed by atoms with Gasteiger partial charge in [0.15, 0.2) is 0 Å². The standard InChI is InChI=1S/C18H21FN6O/c1-11-21-14-6-8-25(10-16(14)22-11)18(26)20-7-2-3-17-23-13-5-4-12(19)9-15(13)24-17/h4-5,9H,2-3,6-8,10H2,1H3,(H,20,26)(H,21,22)(H,23,24). The molecule has 0 bridgehead atoms. The number of H-pyrrole nitrogens is 2. The molecule has 0 radical (unpaired) electrons. The van der Waals surface area contributed by atoms with E-state index in [1.807, 2.05) is 6.92 Å². The van der Waals surface area contributed by atoms with Crippen molar-refractivity contribution in [2.24, 2.45) is 0 Å². The molecule has 4 rings (SSSR count). The highest BCUT2D eigenvalue weighted by molar-refractivity contribution is 5.75. The molecule has 1 aliphatic heterocycles. The largest absolute Gasteiger partial charge is 0.344 e. The van der Waals surface area contributed by atoms with E-state index in [9.17, 15) is 9.18 Å². The van der Waals surface area contributed by atoms with E-state index in [4.69, 9.17) is 0 Å². The number of nitrogens with zero attached hydrogens (tertiary/aromatic N) is 3. The predicted octanol–water partition coefficient (Wildman–Crippen LogP) is 2.43. The topological polar surface area (TPSA) is 89.7 Å². The molecule has 7 nitrogen and oxygen atoms in total. The van der Waals surface area contributed by atoms with Gasteiger partial charge in [0.2, 0.25) is 0 Å². The van der Waals surface area contributed by atoms with E-state index in [-0.39, 0.29) is 11.8 Å². The van der Waals surface area contributed by atoms with Crippen LogP contribution in [0.1, 0.15) is 29.5 Å². The van der Waals surface area contributed by atoms with Gasteiger partial charge in [0.05, 0.1) is 29.0 Å². The van der Waals surface area contributed by atoms with Crippen molar-refractivity contribution in [3.63, 3.8) is 0 Å². The summed E-state index contributed by atoms with van der Waals surface area (Å²) in [6.07, 6.45) is 2.24. The summed E-state index contributed by atoms with van der Waals surface area (Å²) in [4.78, 5) is 29.3. The lowest BCUT2D eigenvalue weighted by molar-refractivity contribution is 0.191. The van der Waals surface area contributed by atoms with Crippen LogP contribution in [0.15, 0.2) is 18.2 Å². The zero-order chi connectivity index (χ0) is 18.1. The first-order valence-electron chi connectivity index (χ1n) is 8.80. The number of imidazole rings is 2. The molecular formula is C18H21FN6O. The van der Waals surface area contributed by atoms with Gasteiger partial charge < -0.3 is 20.2 Å². The third-order valence-electron chi connectivity index (χ3n) is 4.60. The van der Waals surface area contributed by atoms with Crippen molar-refractivity contribution < 1.29 is 9.18 Å². The number of benzene rings is 1. The van der Waals surface area contributed by atoms with Crippen molar-refractivity contribution in [3.05, 3.63) is 47.1 Å². The molecule has 1 aromatic carbocycles. The lowest BCUT2D eigenvalue weighted by Crippen LogP contribution is -2.43. The van der Waals surface area contributed by atoms with Crippen LogP contribution in [0, 0.1) is 12.7 Å². The molecule has 0 saturated carbocycles. The van der Waals surface area contributed by atoms with E-state index >= 15 is 0 Å². The van der Waals surface area contributed by atoms with Crippen LogP contribution >= 0.6 is 0 Å². The number of aromatic amines is 2. The molecule has 3 heterocycles. The summed E-state index contributed by atoms with van der Waals surface area (Å²) in [6.45, 7) is 3.74. The Morgan fingerprint density at radius 2 is 2.23 bits per heavy atom. The lowest BCUT2D eigenvalue weighted by atomic mass is 10.1. The van der Waals surface area contributed by atoms with Gasteiger partial charge in [-0.1, -0.05) is 0 Å². The van der Waals surface area contributed by atoms with Crippen LogP contribution in [0.5, 0.6) is 0 Å². The van der Waals surface area contributed by atoms with Gasteiger partial charge in [-0.3, -0.25) is 0 Å². The van der Waals surface area contributed by atoms with Gasteiger partial charge in [0.1, 0.15) is 17.5 Å². The molecule has 2 amide bonds. The number of halogens is 1. The Labute approximate surface area is 150 Å². The monoisotopic (exact) mass is 356 g/mol. The van der Waals surface area contributed by atoms with Crippen LogP contribution in [0.25, 0.3) is 11.0 Å². The maximum atomic E-state index is 13.2. The summed E-state index contributed by atoms with van der Waals surface area (Å²) in [5.74, 6) is 1.41. The smallest absolute Gasteiger partial charge is 0.317 e. The van der Waals surface area contributed by atoms with Crippen molar-refractivity contribution in [2.45, 2.75) is 32.7 Å². The fourth-order valence-electron chi connectivity index (χ4n) is 3.33. The highest BCUT2D eigenvalue weighted by Crippen LogP contribution is 2.16. The number of urea groups is 1. The summed E-state index contributed by atoms with van der Waals surface area (Å²) in [5, 5.41) is 2.95. The van der Waals surface area contributed by atoms with Crippen molar-refractivity contribution in [1.29, 1.82) is 0 Å². The van der Waals surface area contributed by atoms with Gasteiger partial charge in [-0.15, -0.1) is 0 Å². The highest BCUT2D eigenvalue weighted by Gasteiger charge is 2.22. The highest BCUT2D eigenvalue weighted by atomic mass is 19.1. The van der Waals surface area contributed by atoms with Crippen LogP contribution in [-0.4, -0.2) is 44.0 Å². The number of carbonyl (C=O) groups is 1. The van der Waals surface area contributed by atoms with Gasteiger partial charge in [-0.05, 0) is 31.5 Å². The number of fused-ring (bicyclic) bond motifs is 2. The average Bonchev–Trinajstić information content (AvgIpc) is 3.18. The Morgan fingerprint density at radius 1 is 1.35 bits per heavy atom. The number of hydrogen-bond acceptors (Lipinski definition) is 3. The second kappa shape index (κ2) is 6.78. The Hall–Kier alpha value is -2.90. The van der Waals surface area contributed by atoms with Crippen molar-refractivity contribution in [2.75, 3.05) is 13.1 Å². The third kappa shape index (κ3) is 3.40. The van der Waals surface area contributed by atoms with E-state index in [0.717, 1.165) is 41.4 Å². The molecule has 2 aromatic heterocycles. The minimum atomic E-state index is -0.280. The SMILES string of the molecule is Cc1nc2c([nH]1)CN(C(=O)NCCCc1nc3ccc(F)cc3[nH]1)CC2. The van der Waals surface area contributed by atoms with Gasteiger partial charge in [-0.2, -0.15) is 0 Å². The Kier molecular flexibility index (Phi) is 4.32. The quantitative estimate of drug-likeness (QED) is 0.627. The normalized spacial score (nSPS) is 13.8. The molecule has 1 aliphatic rings. The molecule has 0 spiro atoms. The molecule has 3 N–H and O–H groups in total. The second-order valence-electron chi connectivity index (χ2n) is 6.60. The first kappa shape index (κ1) is 16.6. The number of aryl methyl sites for hydroxylation is 2. The lowest BCUT2D eigenvalue weighted by Gasteiger charge is -2.26.